The van der Waals surface area contributed by atoms with Crippen LogP contribution >= 0.6 is 0 Å². The second kappa shape index (κ2) is 5.14. The number of halogens is 1. The molecule has 0 saturated carbocycles. The summed E-state index contributed by atoms with van der Waals surface area (Å²) in [4.78, 5) is 10.7. The third kappa shape index (κ3) is 3.17. The molecule has 0 radical (unpaired) electrons. The Hall–Kier alpha value is -1.62. The van der Waals surface area contributed by atoms with Crippen LogP contribution in [-0.4, -0.2) is 29.9 Å². The van der Waals surface area contributed by atoms with E-state index in [1.807, 2.05) is 0 Å². The predicted molar refractivity (Wildman–Crippen MR) is 57.4 cm³/mol. The Kier molecular flexibility index (Phi) is 3.58. The maximum Gasteiger partial charge on any atom is 0.332 e. The Morgan fingerprint density at radius 2 is 2.35 bits per heavy atom. The molecule has 2 atom stereocenters. The van der Waals surface area contributed by atoms with Crippen molar-refractivity contribution in [1.29, 1.82) is 0 Å². The largest absolute Gasteiger partial charge is 0.491 e. The molecule has 1 saturated heterocycles. The van der Waals surface area contributed by atoms with Crippen molar-refractivity contribution in [1.82, 2.24) is 0 Å². The number of carboxylic acids is 1. The average molecular weight is 240 g/mol. The molecule has 92 valence electrons. The number of carboxylic acid groups (broad SMARTS) is 1. The first-order chi connectivity index (χ1) is 8.15. The van der Waals surface area contributed by atoms with Gasteiger partial charge in [-0.05, 0) is 25.0 Å². The molecule has 4 nitrogen and oxygen atoms in total. The van der Waals surface area contributed by atoms with Crippen LogP contribution in [0.1, 0.15) is 12.8 Å². The van der Waals surface area contributed by atoms with Gasteiger partial charge in [-0.1, -0.05) is 6.07 Å². The van der Waals surface area contributed by atoms with Gasteiger partial charge in [-0.3, -0.25) is 0 Å². The number of hydrogen-bond donors (Lipinski definition) is 1. The lowest BCUT2D eigenvalue weighted by Gasteiger charge is -2.12. The maximum atomic E-state index is 12.8. The van der Waals surface area contributed by atoms with Crippen molar-refractivity contribution in [2.45, 2.75) is 25.0 Å². The van der Waals surface area contributed by atoms with Gasteiger partial charge in [-0.15, -0.1) is 0 Å². The van der Waals surface area contributed by atoms with Crippen molar-refractivity contribution in [3.8, 4) is 5.75 Å². The van der Waals surface area contributed by atoms with Crippen LogP contribution in [0.25, 0.3) is 0 Å². The summed E-state index contributed by atoms with van der Waals surface area (Å²) in [5, 5.41) is 8.74. The van der Waals surface area contributed by atoms with Gasteiger partial charge in [0.1, 0.15) is 18.2 Å². The molecule has 5 heteroatoms. The van der Waals surface area contributed by atoms with Crippen molar-refractivity contribution < 1.29 is 23.8 Å². The van der Waals surface area contributed by atoms with Crippen LogP contribution in [0.2, 0.25) is 0 Å². The van der Waals surface area contributed by atoms with E-state index in [0.717, 1.165) is 0 Å². The summed E-state index contributed by atoms with van der Waals surface area (Å²) in [6.45, 7) is 0.243. The molecule has 1 heterocycles. The quantitative estimate of drug-likeness (QED) is 0.872. The molecular formula is C12H13FO4. The van der Waals surface area contributed by atoms with Gasteiger partial charge in [0.2, 0.25) is 0 Å². The van der Waals surface area contributed by atoms with E-state index in [0.29, 0.717) is 18.6 Å². The van der Waals surface area contributed by atoms with Gasteiger partial charge < -0.3 is 14.6 Å². The van der Waals surface area contributed by atoms with Crippen molar-refractivity contribution in [2.24, 2.45) is 0 Å². The van der Waals surface area contributed by atoms with Gasteiger partial charge in [0.05, 0.1) is 6.10 Å². The summed E-state index contributed by atoms with van der Waals surface area (Å²) < 4.78 is 23.4. The van der Waals surface area contributed by atoms with Crippen LogP contribution in [0.4, 0.5) is 4.39 Å². The van der Waals surface area contributed by atoms with Crippen LogP contribution < -0.4 is 4.74 Å². The van der Waals surface area contributed by atoms with Crippen molar-refractivity contribution in [2.75, 3.05) is 6.61 Å². The zero-order valence-electron chi connectivity index (χ0n) is 9.14. The first-order valence-electron chi connectivity index (χ1n) is 5.42. The van der Waals surface area contributed by atoms with Crippen molar-refractivity contribution in [3.63, 3.8) is 0 Å². The highest BCUT2D eigenvalue weighted by Gasteiger charge is 2.30. The molecule has 2 rings (SSSR count). The van der Waals surface area contributed by atoms with Gasteiger partial charge in [-0.2, -0.15) is 0 Å². The van der Waals surface area contributed by atoms with E-state index < -0.39 is 12.1 Å². The second-order valence-corrected chi connectivity index (χ2v) is 3.93. The molecule has 0 bridgehead atoms. The Morgan fingerprint density at radius 1 is 1.53 bits per heavy atom. The van der Waals surface area contributed by atoms with Crippen molar-refractivity contribution >= 4 is 5.97 Å². The highest BCUT2D eigenvalue weighted by molar-refractivity contribution is 5.72. The molecule has 0 aliphatic carbocycles. The van der Waals surface area contributed by atoms with Gasteiger partial charge in [0, 0.05) is 6.07 Å². The Balaban J connectivity index is 1.82. The standard InChI is InChI=1S/C12H13FO4/c13-8-2-1-3-9(6-8)16-7-10-4-5-11(17-10)12(14)15/h1-3,6,10-11H,4-5,7H2,(H,14,15). The fourth-order valence-corrected chi connectivity index (χ4v) is 1.76. The smallest absolute Gasteiger partial charge is 0.332 e. The number of carbonyl (C=O) groups is 1. The topological polar surface area (TPSA) is 55.8 Å². The lowest BCUT2D eigenvalue weighted by molar-refractivity contribution is -0.149. The molecule has 1 aliphatic rings. The first kappa shape index (κ1) is 11.9. The number of ether oxygens (including phenoxy) is 2. The third-order valence-corrected chi connectivity index (χ3v) is 2.61. The normalized spacial score (nSPS) is 23.6. The zero-order chi connectivity index (χ0) is 12.3. The van der Waals surface area contributed by atoms with Gasteiger partial charge >= 0.3 is 5.97 Å². The number of aliphatic carboxylic acids is 1. The molecule has 1 aliphatic heterocycles. The summed E-state index contributed by atoms with van der Waals surface area (Å²) >= 11 is 0. The maximum absolute atomic E-state index is 12.8. The van der Waals surface area contributed by atoms with E-state index in [4.69, 9.17) is 14.6 Å². The van der Waals surface area contributed by atoms with E-state index in [9.17, 15) is 9.18 Å². The fraction of sp³-hybridized carbons (Fsp3) is 0.417. The van der Waals surface area contributed by atoms with Crippen LogP contribution in [-0.2, 0) is 9.53 Å². The van der Waals surface area contributed by atoms with Crippen LogP contribution in [0.5, 0.6) is 5.75 Å². The van der Waals surface area contributed by atoms with E-state index in [-0.39, 0.29) is 18.5 Å². The minimum atomic E-state index is -0.946. The van der Waals surface area contributed by atoms with E-state index in [1.54, 1.807) is 12.1 Å². The van der Waals surface area contributed by atoms with Gasteiger partial charge in [0.25, 0.3) is 0 Å². The number of hydrogen-bond acceptors (Lipinski definition) is 3. The first-order valence-corrected chi connectivity index (χ1v) is 5.42. The Labute approximate surface area is 98.0 Å². The molecule has 17 heavy (non-hydrogen) atoms. The molecule has 2 unspecified atom stereocenters. The molecule has 1 aromatic rings. The molecule has 1 aromatic carbocycles. The lowest BCUT2D eigenvalue weighted by Crippen LogP contribution is -2.23. The van der Waals surface area contributed by atoms with Crippen LogP contribution in [0.3, 0.4) is 0 Å². The summed E-state index contributed by atoms with van der Waals surface area (Å²) in [5.41, 5.74) is 0. The average Bonchev–Trinajstić information content (AvgIpc) is 2.75. The van der Waals surface area contributed by atoms with Gasteiger partial charge in [-0.25, -0.2) is 9.18 Å². The van der Waals surface area contributed by atoms with Crippen LogP contribution in [0, 0.1) is 5.82 Å². The SMILES string of the molecule is O=C(O)C1CCC(COc2cccc(F)c2)O1. The highest BCUT2D eigenvalue weighted by Crippen LogP contribution is 2.21. The monoisotopic (exact) mass is 240 g/mol. The summed E-state index contributed by atoms with van der Waals surface area (Å²) in [6.07, 6.45) is 0.161. The number of rotatable bonds is 4. The summed E-state index contributed by atoms with van der Waals surface area (Å²) in [7, 11) is 0. The van der Waals surface area contributed by atoms with E-state index in [2.05, 4.69) is 0 Å². The minimum absolute atomic E-state index is 0.237. The van der Waals surface area contributed by atoms with E-state index >= 15 is 0 Å². The molecule has 0 spiro atoms. The molecule has 1 fully saturated rings. The lowest BCUT2D eigenvalue weighted by atomic mass is 10.2. The molecule has 1 N–H and O–H groups in total. The van der Waals surface area contributed by atoms with E-state index in [1.165, 1.54) is 12.1 Å². The Morgan fingerprint density at radius 3 is 3.00 bits per heavy atom. The minimum Gasteiger partial charge on any atom is -0.491 e. The second-order valence-electron chi connectivity index (χ2n) is 3.93. The molecular weight excluding hydrogens is 227 g/mol. The zero-order valence-corrected chi connectivity index (χ0v) is 9.14. The predicted octanol–water partition coefficient (Wildman–Crippen LogP) is 1.84. The number of benzene rings is 1. The molecule has 0 amide bonds. The van der Waals surface area contributed by atoms with Gasteiger partial charge in [0.15, 0.2) is 6.10 Å². The van der Waals surface area contributed by atoms with Crippen LogP contribution in [0.15, 0.2) is 24.3 Å². The highest BCUT2D eigenvalue weighted by atomic mass is 19.1. The summed E-state index contributed by atoms with van der Waals surface area (Å²) in [5.74, 6) is -0.885. The molecule has 0 aromatic heterocycles. The fourth-order valence-electron chi connectivity index (χ4n) is 1.76. The third-order valence-electron chi connectivity index (χ3n) is 2.61. The van der Waals surface area contributed by atoms with Crippen molar-refractivity contribution in [3.05, 3.63) is 30.1 Å². The Bertz CT molecular complexity index is 407. The summed E-state index contributed by atoms with van der Waals surface area (Å²) in [6, 6.07) is 5.82.